The highest BCUT2D eigenvalue weighted by atomic mass is 32.2. The average Bonchev–Trinajstić information content (AvgIpc) is 2.62. The Bertz CT molecular complexity index is 260. The molecule has 0 spiro atoms. The van der Waals surface area contributed by atoms with Crippen LogP contribution in [0.3, 0.4) is 0 Å². The number of carboxylic acids is 1. The minimum absolute atomic E-state index is 0.202. The van der Waals surface area contributed by atoms with E-state index < -0.39 is 22.9 Å². The molecule has 0 aromatic carbocycles. The number of nitrogens with one attached hydrogen (secondary N) is 1. The molecule has 2 N–H and O–H groups in total. The lowest BCUT2D eigenvalue weighted by atomic mass is 10.2. The average molecular weight is 237 g/mol. The van der Waals surface area contributed by atoms with Crippen molar-refractivity contribution in [2.75, 3.05) is 18.6 Å². The summed E-state index contributed by atoms with van der Waals surface area (Å²) in [6, 6.07) is -0.716. The van der Waals surface area contributed by atoms with E-state index in [-0.39, 0.29) is 5.75 Å². The molecule has 2 atom stereocenters. The molecule has 1 aliphatic heterocycles. The molecule has 1 saturated heterocycles. The highest BCUT2D eigenvalue weighted by Gasteiger charge is 2.47. The molecule has 7 heteroatoms. The van der Waals surface area contributed by atoms with Crippen LogP contribution >= 0.6 is 24.4 Å². The Morgan fingerprint density at radius 1 is 1.79 bits per heavy atom. The Hall–Kier alpha value is -0.400. The van der Waals surface area contributed by atoms with Gasteiger partial charge >= 0.3 is 11.9 Å². The summed E-state index contributed by atoms with van der Waals surface area (Å²) in [5.41, 5.74) is 0. The van der Waals surface area contributed by atoms with E-state index >= 15 is 0 Å². The maximum atomic E-state index is 11.4. The van der Waals surface area contributed by atoms with Crippen molar-refractivity contribution in [3.8, 4) is 0 Å². The van der Waals surface area contributed by atoms with Crippen LogP contribution in [0.25, 0.3) is 0 Å². The fourth-order valence-electron chi connectivity index (χ4n) is 1.16. The molecule has 1 aliphatic rings. The van der Waals surface area contributed by atoms with Crippen molar-refractivity contribution in [2.24, 2.45) is 0 Å². The second-order valence-electron chi connectivity index (χ2n) is 2.82. The Morgan fingerprint density at radius 2 is 2.43 bits per heavy atom. The maximum absolute atomic E-state index is 11.4. The van der Waals surface area contributed by atoms with Gasteiger partial charge in [-0.3, -0.25) is 10.1 Å². The lowest BCUT2D eigenvalue weighted by Gasteiger charge is -2.23. The first-order chi connectivity index (χ1) is 6.55. The Balaban J connectivity index is 2.75. The van der Waals surface area contributed by atoms with Crippen LogP contribution in [0.5, 0.6) is 0 Å². The van der Waals surface area contributed by atoms with Gasteiger partial charge in [0.05, 0.1) is 7.11 Å². The number of carbonyl (C=O) groups excluding carboxylic acids is 1. The number of methoxy groups -OCH3 is 1. The SMILES string of the molecule is COC(=O)[C@]1(CS)N[C@H](C(=O)O)CS1. The van der Waals surface area contributed by atoms with E-state index in [1.165, 1.54) is 18.9 Å². The predicted molar refractivity (Wildman–Crippen MR) is 55.6 cm³/mol. The summed E-state index contributed by atoms with van der Waals surface area (Å²) < 4.78 is 4.59. The molecule has 0 unspecified atom stereocenters. The third-order valence-electron chi connectivity index (χ3n) is 1.94. The topological polar surface area (TPSA) is 75.6 Å². The first-order valence-corrected chi connectivity index (χ1v) is 5.51. The Morgan fingerprint density at radius 3 is 2.79 bits per heavy atom. The van der Waals surface area contributed by atoms with Crippen LogP contribution in [0.1, 0.15) is 0 Å². The zero-order valence-corrected chi connectivity index (χ0v) is 9.23. The molecule has 0 saturated carbocycles. The molecular formula is C7H11NO4S2. The van der Waals surface area contributed by atoms with Crippen LogP contribution in [-0.2, 0) is 14.3 Å². The van der Waals surface area contributed by atoms with Crippen molar-refractivity contribution in [1.29, 1.82) is 0 Å². The molecule has 5 nitrogen and oxygen atoms in total. The van der Waals surface area contributed by atoms with Gasteiger partial charge in [-0.25, -0.2) is 4.79 Å². The van der Waals surface area contributed by atoms with E-state index in [0.717, 1.165) is 0 Å². The van der Waals surface area contributed by atoms with Gasteiger partial charge in [0.15, 0.2) is 4.87 Å². The second kappa shape index (κ2) is 4.41. The maximum Gasteiger partial charge on any atom is 0.337 e. The van der Waals surface area contributed by atoms with E-state index in [9.17, 15) is 9.59 Å². The smallest absolute Gasteiger partial charge is 0.337 e. The largest absolute Gasteiger partial charge is 0.480 e. The van der Waals surface area contributed by atoms with Gasteiger partial charge in [0.1, 0.15) is 6.04 Å². The van der Waals surface area contributed by atoms with Crippen molar-refractivity contribution in [2.45, 2.75) is 10.9 Å². The summed E-state index contributed by atoms with van der Waals surface area (Å²) >= 11 is 5.24. The van der Waals surface area contributed by atoms with Crippen molar-refractivity contribution in [3.63, 3.8) is 0 Å². The van der Waals surface area contributed by atoms with Crippen molar-refractivity contribution >= 4 is 36.3 Å². The molecule has 1 heterocycles. The van der Waals surface area contributed by atoms with Gasteiger partial charge in [-0.15, -0.1) is 11.8 Å². The summed E-state index contributed by atoms with van der Waals surface area (Å²) in [5, 5.41) is 11.5. The van der Waals surface area contributed by atoms with Crippen LogP contribution in [0.2, 0.25) is 0 Å². The molecule has 0 aromatic rings. The van der Waals surface area contributed by atoms with Gasteiger partial charge in [0.25, 0.3) is 0 Å². The highest BCUT2D eigenvalue weighted by molar-refractivity contribution is 8.02. The van der Waals surface area contributed by atoms with Crippen LogP contribution in [-0.4, -0.2) is 46.6 Å². The first kappa shape index (κ1) is 11.7. The van der Waals surface area contributed by atoms with E-state index in [1.54, 1.807) is 0 Å². The molecule has 14 heavy (non-hydrogen) atoms. The Kier molecular flexibility index (Phi) is 3.68. The summed E-state index contributed by atoms with van der Waals surface area (Å²) in [6.45, 7) is 0. The van der Waals surface area contributed by atoms with Crippen LogP contribution in [0, 0.1) is 0 Å². The van der Waals surface area contributed by atoms with Crippen molar-refractivity contribution in [1.82, 2.24) is 5.32 Å². The fraction of sp³-hybridized carbons (Fsp3) is 0.714. The molecule has 0 aliphatic carbocycles. The fourth-order valence-corrected chi connectivity index (χ4v) is 2.85. The van der Waals surface area contributed by atoms with Gasteiger partial charge in [0.2, 0.25) is 0 Å². The number of ether oxygens (including phenoxy) is 1. The van der Waals surface area contributed by atoms with E-state index in [0.29, 0.717) is 5.75 Å². The van der Waals surface area contributed by atoms with Gasteiger partial charge in [-0.2, -0.15) is 12.6 Å². The van der Waals surface area contributed by atoms with Gasteiger partial charge < -0.3 is 9.84 Å². The van der Waals surface area contributed by atoms with Crippen LogP contribution in [0.4, 0.5) is 0 Å². The number of aliphatic carboxylic acids is 1. The minimum Gasteiger partial charge on any atom is -0.480 e. The summed E-state index contributed by atoms with van der Waals surface area (Å²) in [4.78, 5) is 21.0. The van der Waals surface area contributed by atoms with E-state index in [2.05, 4.69) is 22.7 Å². The minimum atomic E-state index is -1.01. The van der Waals surface area contributed by atoms with Crippen molar-refractivity contribution in [3.05, 3.63) is 0 Å². The number of carbonyl (C=O) groups is 2. The van der Waals surface area contributed by atoms with Crippen LogP contribution in [0.15, 0.2) is 0 Å². The van der Waals surface area contributed by atoms with E-state index in [4.69, 9.17) is 5.11 Å². The number of carboxylic acid groups (broad SMARTS) is 1. The van der Waals surface area contributed by atoms with Gasteiger partial charge in [-0.05, 0) is 0 Å². The van der Waals surface area contributed by atoms with Gasteiger partial charge in [-0.1, -0.05) is 0 Å². The third kappa shape index (κ3) is 1.99. The molecule has 1 rings (SSSR count). The number of thiol groups is 1. The molecular weight excluding hydrogens is 226 g/mol. The molecule has 0 amide bonds. The Labute approximate surface area is 91.0 Å². The first-order valence-electron chi connectivity index (χ1n) is 3.89. The van der Waals surface area contributed by atoms with Crippen LogP contribution < -0.4 is 5.32 Å². The lowest BCUT2D eigenvalue weighted by molar-refractivity contribution is -0.144. The number of thioether (sulfide) groups is 1. The quantitative estimate of drug-likeness (QED) is 0.457. The molecule has 0 radical (unpaired) electrons. The molecule has 0 aromatic heterocycles. The number of esters is 1. The zero-order chi connectivity index (χ0) is 10.8. The van der Waals surface area contributed by atoms with E-state index in [1.807, 2.05) is 0 Å². The molecule has 0 bridgehead atoms. The number of rotatable bonds is 3. The lowest BCUT2D eigenvalue weighted by Crippen LogP contribution is -2.52. The predicted octanol–water partition coefficient (Wildman–Crippen LogP) is -0.425. The summed E-state index contributed by atoms with van der Waals surface area (Å²) in [6.07, 6.45) is 0. The standard InChI is InChI=1S/C7H11NO4S2/c1-12-6(11)7(3-13)8-4(2-14-7)5(9)10/h4,8,13H,2-3H2,1H3,(H,9,10)/t4-,7+/m0/s1. The van der Waals surface area contributed by atoms with Crippen molar-refractivity contribution < 1.29 is 19.4 Å². The second-order valence-corrected chi connectivity index (χ2v) is 4.46. The molecule has 80 valence electrons. The zero-order valence-electron chi connectivity index (χ0n) is 7.52. The highest BCUT2D eigenvalue weighted by Crippen LogP contribution is 2.32. The number of hydrogen-bond acceptors (Lipinski definition) is 6. The molecule has 1 fully saturated rings. The summed E-state index contributed by atoms with van der Waals surface area (Å²) in [5.74, 6) is -0.912. The third-order valence-corrected chi connectivity index (χ3v) is 4.05. The summed E-state index contributed by atoms with van der Waals surface area (Å²) in [7, 11) is 1.27. The normalized spacial score (nSPS) is 31.4. The monoisotopic (exact) mass is 237 g/mol. The van der Waals surface area contributed by atoms with Gasteiger partial charge in [0, 0.05) is 11.5 Å². The number of hydrogen-bond donors (Lipinski definition) is 3.